The highest BCUT2D eigenvalue weighted by Crippen LogP contribution is 2.39. The van der Waals surface area contributed by atoms with Crippen molar-refractivity contribution in [1.82, 2.24) is 10.2 Å². The minimum absolute atomic E-state index is 0.186. The van der Waals surface area contributed by atoms with Crippen LogP contribution in [-0.2, 0) is 4.74 Å². The highest BCUT2D eigenvalue weighted by Gasteiger charge is 2.36. The molecule has 1 spiro atoms. The highest BCUT2D eigenvalue weighted by atomic mass is 16.6. The molecule has 0 aliphatic carbocycles. The average molecular weight is 238 g/mol. The van der Waals surface area contributed by atoms with Crippen LogP contribution in [0, 0.1) is 5.41 Å². The number of carbonyl (C=O) groups is 1. The summed E-state index contributed by atoms with van der Waals surface area (Å²) in [6, 6.07) is 0. The van der Waals surface area contributed by atoms with E-state index in [4.69, 9.17) is 4.74 Å². The van der Waals surface area contributed by atoms with Gasteiger partial charge in [0.2, 0.25) is 0 Å². The first-order valence-corrected chi connectivity index (χ1v) is 6.49. The second-order valence-corrected chi connectivity index (χ2v) is 5.10. The molecule has 0 aromatic carbocycles. The molecule has 17 heavy (non-hydrogen) atoms. The molecule has 1 amide bonds. The average Bonchev–Trinajstić information content (AvgIpc) is 2.38. The molecule has 0 atom stereocenters. The van der Waals surface area contributed by atoms with Crippen molar-refractivity contribution in [2.75, 3.05) is 32.8 Å². The number of nitrogens with one attached hydrogen (secondary N) is 1. The summed E-state index contributed by atoms with van der Waals surface area (Å²) in [4.78, 5) is 13.5. The topological polar surface area (TPSA) is 41.6 Å². The van der Waals surface area contributed by atoms with E-state index in [0.717, 1.165) is 39.0 Å². The minimum atomic E-state index is -0.186. The van der Waals surface area contributed by atoms with Crippen LogP contribution < -0.4 is 5.32 Å². The van der Waals surface area contributed by atoms with Gasteiger partial charge in [0, 0.05) is 13.1 Å². The number of amides is 1. The van der Waals surface area contributed by atoms with E-state index in [2.05, 4.69) is 11.9 Å². The third-order valence-corrected chi connectivity index (χ3v) is 4.07. The van der Waals surface area contributed by atoms with Gasteiger partial charge in [-0.05, 0) is 44.2 Å². The monoisotopic (exact) mass is 238 g/mol. The molecule has 4 heteroatoms. The molecular formula is C13H22N2O2. The summed E-state index contributed by atoms with van der Waals surface area (Å²) in [7, 11) is 0. The maximum Gasteiger partial charge on any atom is 0.410 e. The lowest BCUT2D eigenvalue weighted by atomic mass is 9.72. The first kappa shape index (κ1) is 12.4. The standard InChI is InChI=1S/C13H22N2O2/c1-2-11-17-12(16)15-9-5-13(6-10-15)3-7-14-8-4-13/h2,14H,1,3-11H2. The van der Waals surface area contributed by atoms with E-state index in [1.807, 2.05) is 4.90 Å². The zero-order valence-corrected chi connectivity index (χ0v) is 10.4. The van der Waals surface area contributed by atoms with Crippen LogP contribution in [0.15, 0.2) is 12.7 Å². The Morgan fingerprint density at radius 2 is 1.94 bits per heavy atom. The van der Waals surface area contributed by atoms with Crippen molar-refractivity contribution in [1.29, 1.82) is 0 Å². The lowest BCUT2D eigenvalue weighted by Gasteiger charge is -2.44. The summed E-state index contributed by atoms with van der Waals surface area (Å²) in [6.45, 7) is 7.79. The molecule has 4 nitrogen and oxygen atoms in total. The van der Waals surface area contributed by atoms with Gasteiger partial charge in [0.1, 0.15) is 6.61 Å². The fourth-order valence-corrected chi connectivity index (χ4v) is 2.84. The predicted molar refractivity (Wildman–Crippen MR) is 66.9 cm³/mol. The van der Waals surface area contributed by atoms with E-state index in [1.165, 1.54) is 12.8 Å². The normalized spacial score (nSPS) is 23.4. The van der Waals surface area contributed by atoms with Crippen LogP contribution in [0.25, 0.3) is 0 Å². The lowest BCUT2D eigenvalue weighted by molar-refractivity contribution is 0.0563. The van der Waals surface area contributed by atoms with Gasteiger partial charge < -0.3 is 15.0 Å². The van der Waals surface area contributed by atoms with Gasteiger partial charge in [-0.1, -0.05) is 12.7 Å². The fraction of sp³-hybridized carbons (Fsp3) is 0.769. The molecule has 2 heterocycles. The van der Waals surface area contributed by atoms with Crippen molar-refractivity contribution in [2.24, 2.45) is 5.41 Å². The van der Waals surface area contributed by atoms with Crippen LogP contribution in [-0.4, -0.2) is 43.8 Å². The third-order valence-electron chi connectivity index (χ3n) is 4.07. The van der Waals surface area contributed by atoms with Crippen molar-refractivity contribution < 1.29 is 9.53 Å². The van der Waals surface area contributed by atoms with Gasteiger partial charge in [-0.25, -0.2) is 4.79 Å². The van der Waals surface area contributed by atoms with Crippen molar-refractivity contribution in [3.63, 3.8) is 0 Å². The van der Waals surface area contributed by atoms with Gasteiger partial charge >= 0.3 is 6.09 Å². The number of hydrogen-bond acceptors (Lipinski definition) is 3. The van der Waals surface area contributed by atoms with Gasteiger partial charge in [0.05, 0.1) is 0 Å². The zero-order valence-electron chi connectivity index (χ0n) is 10.4. The van der Waals surface area contributed by atoms with Crippen molar-refractivity contribution in [3.8, 4) is 0 Å². The Labute approximate surface area is 103 Å². The number of hydrogen-bond donors (Lipinski definition) is 1. The second-order valence-electron chi connectivity index (χ2n) is 5.10. The number of ether oxygens (including phenoxy) is 1. The molecule has 0 unspecified atom stereocenters. The molecule has 2 aliphatic rings. The van der Waals surface area contributed by atoms with E-state index < -0.39 is 0 Å². The van der Waals surface area contributed by atoms with Crippen LogP contribution in [0.3, 0.4) is 0 Å². The van der Waals surface area contributed by atoms with Crippen LogP contribution >= 0.6 is 0 Å². The Morgan fingerprint density at radius 1 is 1.29 bits per heavy atom. The largest absolute Gasteiger partial charge is 0.445 e. The van der Waals surface area contributed by atoms with E-state index >= 15 is 0 Å². The molecule has 2 aliphatic heterocycles. The molecule has 1 N–H and O–H groups in total. The molecule has 0 aromatic heterocycles. The summed E-state index contributed by atoms with van der Waals surface area (Å²) in [5, 5.41) is 3.40. The molecule has 2 fully saturated rings. The molecule has 0 saturated carbocycles. The second kappa shape index (κ2) is 5.54. The molecule has 2 rings (SSSR count). The van der Waals surface area contributed by atoms with Gasteiger partial charge in [-0.15, -0.1) is 0 Å². The van der Waals surface area contributed by atoms with Crippen LogP contribution in [0.2, 0.25) is 0 Å². The molecule has 0 aromatic rings. The van der Waals surface area contributed by atoms with Gasteiger partial charge in [-0.3, -0.25) is 0 Å². The highest BCUT2D eigenvalue weighted by molar-refractivity contribution is 5.67. The molecule has 96 valence electrons. The fourth-order valence-electron chi connectivity index (χ4n) is 2.84. The summed E-state index contributed by atoms with van der Waals surface area (Å²) in [6.07, 6.45) is 6.17. The van der Waals surface area contributed by atoms with Crippen molar-refractivity contribution in [2.45, 2.75) is 25.7 Å². The minimum Gasteiger partial charge on any atom is -0.445 e. The maximum absolute atomic E-state index is 11.7. The first-order chi connectivity index (χ1) is 8.26. The lowest BCUT2D eigenvalue weighted by Crippen LogP contribution is -2.47. The SMILES string of the molecule is C=CCOC(=O)N1CCC2(CCNCC2)CC1. The molecule has 0 radical (unpaired) electrons. The summed E-state index contributed by atoms with van der Waals surface area (Å²) < 4.78 is 5.06. The summed E-state index contributed by atoms with van der Waals surface area (Å²) in [5.41, 5.74) is 0.487. The first-order valence-electron chi connectivity index (χ1n) is 6.49. The number of nitrogens with zero attached hydrogens (tertiary/aromatic N) is 1. The number of piperidine rings is 2. The smallest absolute Gasteiger partial charge is 0.410 e. The Balaban J connectivity index is 1.80. The van der Waals surface area contributed by atoms with Crippen molar-refractivity contribution >= 4 is 6.09 Å². The van der Waals surface area contributed by atoms with E-state index in [1.54, 1.807) is 6.08 Å². The van der Waals surface area contributed by atoms with Crippen molar-refractivity contribution in [3.05, 3.63) is 12.7 Å². The Hall–Kier alpha value is -1.03. The summed E-state index contributed by atoms with van der Waals surface area (Å²) >= 11 is 0. The van der Waals surface area contributed by atoms with E-state index in [0.29, 0.717) is 12.0 Å². The van der Waals surface area contributed by atoms with Gasteiger partial charge in [0.15, 0.2) is 0 Å². The Kier molecular flexibility index (Phi) is 4.05. The van der Waals surface area contributed by atoms with E-state index in [-0.39, 0.29) is 6.09 Å². The number of carbonyl (C=O) groups excluding carboxylic acids is 1. The van der Waals surface area contributed by atoms with E-state index in [9.17, 15) is 4.79 Å². The van der Waals surface area contributed by atoms with Gasteiger partial charge in [0.25, 0.3) is 0 Å². The number of likely N-dealkylation sites (tertiary alicyclic amines) is 1. The van der Waals surface area contributed by atoms with Gasteiger partial charge in [-0.2, -0.15) is 0 Å². The molecular weight excluding hydrogens is 216 g/mol. The Bertz CT molecular complexity index is 275. The zero-order chi connectivity index (χ0) is 12.1. The quantitative estimate of drug-likeness (QED) is 0.746. The number of rotatable bonds is 2. The maximum atomic E-state index is 11.7. The van der Waals surface area contributed by atoms with Crippen LogP contribution in [0.4, 0.5) is 4.79 Å². The third kappa shape index (κ3) is 3.00. The van der Waals surface area contributed by atoms with Crippen LogP contribution in [0.1, 0.15) is 25.7 Å². The van der Waals surface area contributed by atoms with Crippen LogP contribution in [0.5, 0.6) is 0 Å². The molecule has 0 bridgehead atoms. The predicted octanol–water partition coefficient (Wildman–Crippen LogP) is 1.77. The Morgan fingerprint density at radius 3 is 2.53 bits per heavy atom. The molecule has 2 saturated heterocycles. The summed E-state index contributed by atoms with van der Waals surface area (Å²) in [5.74, 6) is 0.